The molecule has 7 heteroatoms. The number of pyridine rings is 1. The number of nitrogens with zero attached hydrogens (tertiary/aromatic N) is 2. The number of phenolic OH excluding ortho intramolecular Hbond substituents is 1. The molecule has 0 aliphatic rings. The molecule has 0 atom stereocenters. The Kier molecular flexibility index (Phi) is 3.99. The van der Waals surface area contributed by atoms with Gasteiger partial charge in [-0.1, -0.05) is 28.9 Å². The average molecular weight is 330 g/mol. The zero-order valence-corrected chi connectivity index (χ0v) is 12.8. The molecule has 23 heavy (non-hydrogen) atoms. The molecule has 0 bridgehead atoms. The number of hydrogen-bond acceptors (Lipinski definition) is 5. The Morgan fingerprint density at radius 2 is 2.13 bits per heavy atom. The van der Waals surface area contributed by atoms with E-state index in [0.717, 1.165) is 5.56 Å². The van der Waals surface area contributed by atoms with Gasteiger partial charge in [-0.3, -0.25) is 4.79 Å². The average Bonchev–Trinajstić information content (AvgIpc) is 3.01. The number of aryl methyl sites for hydroxylation is 1. The zero-order valence-electron chi connectivity index (χ0n) is 12.1. The van der Waals surface area contributed by atoms with E-state index in [-0.39, 0.29) is 16.6 Å². The van der Waals surface area contributed by atoms with E-state index in [1.807, 2.05) is 0 Å². The van der Waals surface area contributed by atoms with Gasteiger partial charge in [-0.2, -0.15) is 0 Å². The molecule has 6 nitrogen and oxygen atoms in total. The molecule has 0 aliphatic carbocycles. The second kappa shape index (κ2) is 6.10. The number of carbonyl (C=O) groups excluding carboxylic acids is 1. The summed E-state index contributed by atoms with van der Waals surface area (Å²) in [7, 11) is 0. The van der Waals surface area contributed by atoms with Crippen LogP contribution in [0.25, 0.3) is 11.3 Å². The number of rotatable bonds is 3. The maximum atomic E-state index is 12.2. The Hall–Kier alpha value is -2.86. The molecule has 0 radical (unpaired) electrons. The summed E-state index contributed by atoms with van der Waals surface area (Å²) in [5.41, 5.74) is 2.08. The summed E-state index contributed by atoms with van der Waals surface area (Å²) in [5.74, 6) is 0.0630. The number of aromatic nitrogens is 2. The Morgan fingerprint density at radius 1 is 1.30 bits per heavy atom. The zero-order chi connectivity index (χ0) is 16.4. The van der Waals surface area contributed by atoms with Gasteiger partial charge in [0.2, 0.25) is 0 Å². The van der Waals surface area contributed by atoms with Crippen LogP contribution in [0.3, 0.4) is 0 Å². The van der Waals surface area contributed by atoms with Crippen LogP contribution >= 0.6 is 11.6 Å². The van der Waals surface area contributed by atoms with Gasteiger partial charge in [0.15, 0.2) is 11.5 Å². The van der Waals surface area contributed by atoms with Gasteiger partial charge in [0.25, 0.3) is 5.91 Å². The molecule has 3 aromatic rings. The van der Waals surface area contributed by atoms with E-state index in [2.05, 4.69) is 15.5 Å². The molecule has 1 aromatic carbocycles. The number of benzene rings is 1. The molecule has 0 spiro atoms. The third-order valence-corrected chi connectivity index (χ3v) is 3.40. The third kappa shape index (κ3) is 3.32. The first-order valence-corrected chi connectivity index (χ1v) is 7.10. The number of anilines is 1. The van der Waals surface area contributed by atoms with Crippen LogP contribution < -0.4 is 5.32 Å². The molecule has 0 aliphatic heterocycles. The number of carbonyl (C=O) groups is 1. The first kappa shape index (κ1) is 15.1. The lowest BCUT2D eigenvalue weighted by Gasteiger charge is -2.06. The summed E-state index contributed by atoms with van der Waals surface area (Å²) < 4.78 is 5.16. The largest absolute Gasteiger partial charge is 0.508 e. The van der Waals surface area contributed by atoms with Crippen LogP contribution in [0.4, 0.5) is 5.69 Å². The molecule has 0 fully saturated rings. The van der Waals surface area contributed by atoms with Crippen molar-refractivity contribution in [3.05, 3.63) is 59.0 Å². The second-order valence-electron chi connectivity index (χ2n) is 4.90. The lowest BCUT2D eigenvalue weighted by atomic mass is 10.1. The van der Waals surface area contributed by atoms with E-state index in [4.69, 9.17) is 16.1 Å². The summed E-state index contributed by atoms with van der Waals surface area (Å²) in [6, 6.07) is 9.55. The quantitative estimate of drug-likeness (QED) is 0.716. The number of halogens is 1. The van der Waals surface area contributed by atoms with Gasteiger partial charge >= 0.3 is 0 Å². The Morgan fingerprint density at radius 3 is 2.91 bits per heavy atom. The Bertz CT molecular complexity index is 877. The summed E-state index contributed by atoms with van der Waals surface area (Å²) in [5, 5.41) is 16.2. The van der Waals surface area contributed by atoms with Crippen LogP contribution in [-0.2, 0) is 0 Å². The lowest BCUT2D eigenvalue weighted by Crippen LogP contribution is -2.13. The molecule has 3 rings (SSSR count). The van der Waals surface area contributed by atoms with Crippen LogP contribution in [0.5, 0.6) is 5.75 Å². The third-order valence-electron chi connectivity index (χ3n) is 3.19. The van der Waals surface area contributed by atoms with Crippen molar-refractivity contribution in [1.82, 2.24) is 10.1 Å². The molecule has 0 unspecified atom stereocenters. The molecular formula is C16H12ClN3O3. The number of phenols is 1. The molecular weight excluding hydrogens is 318 g/mol. The molecule has 2 N–H and O–H groups in total. The van der Waals surface area contributed by atoms with Gasteiger partial charge in [0.05, 0.1) is 0 Å². The standard InChI is InChI=1S/C16H12ClN3O3/c1-9-8-18-15(17)7-12(9)19-16(22)13-6-14(23-20-13)10-3-2-4-11(21)5-10/h2-8,21H,1H3,(H,18,19,22). The summed E-state index contributed by atoms with van der Waals surface area (Å²) >= 11 is 5.83. The van der Waals surface area contributed by atoms with Crippen molar-refractivity contribution in [1.29, 1.82) is 0 Å². The fourth-order valence-corrected chi connectivity index (χ4v) is 2.15. The van der Waals surface area contributed by atoms with Crippen molar-refractivity contribution in [2.24, 2.45) is 0 Å². The minimum atomic E-state index is -0.425. The second-order valence-corrected chi connectivity index (χ2v) is 5.29. The molecule has 0 saturated heterocycles. The molecule has 1 amide bonds. The van der Waals surface area contributed by atoms with Crippen LogP contribution in [0.1, 0.15) is 16.1 Å². The SMILES string of the molecule is Cc1cnc(Cl)cc1NC(=O)c1cc(-c2cccc(O)c2)on1. The Labute approximate surface area is 136 Å². The van der Waals surface area contributed by atoms with E-state index in [1.165, 1.54) is 12.1 Å². The van der Waals surface area contributed by atoms with Gasteiger partial charge in [0, 0.05) is 23.5 Å². The van der Waals surface area contributed by atoms with Crippen molar-refractivity contribution in [3.8, 4) is 17.1 Å². The highest BCUT2D eigenvalue weighted by atomic mass is 35.5. The fraction of sp³-hybridized carbons (Fsp3) is 0.0625. The van der Waals surface area contributed by atoms with Gasteiger partial charge in [-0.25, -0.2) is 4.98 Å². The van der Waals surface area contributed by atoms with Crippen molar-refractivity contribution < 1.29 is 14.4 Å². The molecule has 0 saturated carbocycles. The maximum Gasteiger partial charge on any atom is 0.277 e. The minimum absolute atomic E-state index is 0.104. The first-order chi connectivity index (χ1) is 11.0. The highest BCUT2D eigenvalue weighted by Crippen LogP contribution is 2.24. The van der Waals surface area contributed by atoms with E-state index in [0.29, 0.717) is 17.0 Å². The minimum Gasteiger partial charge on any atom is -0.508 e. The normalized spacial score (nSPS) is 10.5. The number of hydrogen-bond donors (Lipinski definition) is 2. The van der Waals surface area contributed by atoms with Crippen LogP contribution in [-0.4, -0.2) is 21.2 Å². The van der Waals surface area contributed by atoms with E-state index in [1.54, 1.807) is 37.4 Å². The maximum absolute atomic E-state index is 12.2. The highest BCUT2D eigenvalue weighted by molar-refractivity contribution is 6.29. The topological polar surface area (TPSA) is 88.2 Å². The predicted octanol–water partition coefficient (Wildman–Crippen LogP) is 3.66. The summed E-state index contributed by atoms with van der Waals surface area (Å²) in [6.07, 6.45) is 1.57. The smallest absolute Gasteiger partial charge is 0.277 e. The molecule has 2 heterocycles. The monoisotopic (exact) mass is 329 g/mol. The van der Waals surface area contributed by atoms with Crippen LogP contribution in [0.2, 0.25) is 5.15 Å². The summed E-state index contributed by atoms with van der Waals surface area (Å²) in [4.78, 5) is 16.2. The molecule has 116 valence electrons. The predicted molar refractivity (Wildman–Crippen MR) is 85.5 cm³/mol. The Balaban J connectivity index is 1.82. The number of aromatic hydroxyl groups is 1. The lowest BCUT2D eigenvalue weighted by molar-refractivity contribution is 0.101. The van der Waals surface area contributed by atoms with Crippen molar-refractivity contribution in [3.63, 3.8) is 0 Å². The van der Waals surface area contributed by atoms with Crippen LogP contribution in [0.15, 0.2) is 47.1 Å². The van der Waals surface area contributed by atoms with Gasteiger partial charge in [-0.15, -0.1) is 0 Å². The van der Waals surface area contributed by atoms with Crippen molar-refractivity contribution in [2.45, 2.75) is 6.92 Å². The van der Waals surface area contributed by atoms with E-state index < -0.39 is 5.91 Å². The van der Waals surface area contributed by atoms with Crippen LogP contribution in [0, 0.1) is 6.92 Å². The van der Waals surface area contributed by atoms with Gasteiger partial charge < -0.3 is 14.9 Å². The van der Waals surface area contributed by atoms with Crippen molar-refractivity contribution >= 4 is 23.2 Å². The number of nitrogens with one attached hydrogen (secondary N) is 1. The number of amides is 1. The van der Waals surface area contributed by atoms with Gasteiger partial charge in [-0.05, 0) is 30.7 Å². The van der Waals surface area contributed by atoms with Gasteiger partial charge in [0.1, 0.15) is 10.9 Å². The van der Waals surface area contributed by atoms with E-state index >= 15 is 0 Å². The molecule has 2 aromatic heterocycles. The highest BCUT2D eigenvalue weighted by Gasteiger charge is 2.15. The first-order valence-electron chi connectivity index (χ1n) is 6.72. The summed E-state index contributed by atoms with van der Waals surface area (Å²) in [6.45, 7) is 1.81. The fourth-order valence-electron chi connectivity index (χ4n) is 2.00. The van der Waals surface area contributed by atoms with E-state index in [9.17, 15) is 9.90 Å². The van der Waals surface area contributed by atoms with Crippen molar-refractivity contribution in [2.75, 3.05) is 5.32 Å².